The number of esters is 1. The molecule has 0 bridgehead atoms. The first-order valence-electron chi connectivity index (χ1n) is 7.45. The normalized spacial score (nSPS) is 19.6. The first-order valence-corrected chi connectivity index (χ1v) is 8.87. The van der Waals surface area contributed by atoms with Gasteiger partial charge in [0.25, 0.3) is 0 Å². The molecule has 1 aromatic carbocycles. The number of hydrogen-bond donors (Lipinski definition) is 0. The molecule has 134 valence electrons. The molecule has 1 unspecified atom stereocenters. The van der Waals surface area contributed by atoms with Crippen molar-refractivity contribution in [3.63, 3.8) is 0 Å². The monoisotopic (exact) mass is 390 g/mol. The average Bonchev–Trinajstić information content (AvgIpc) is 3.06. The molecule has 0 spiro atoms. The van der Waals surface area contributed by atoms with E-state index >= 15 is 0 Å². The molecule has 0 radical (unpaired) electrons. The molecule has 2 aliphatic heterocycles. The number of fused-ring (bicyclic) bond motifs is 1. The standard InChI is InChI=1S/C17H14ClF3O3S/c1-23-16(22)12-5-11-6-13(18)10(4-9-2-3-25-8-9)7-14(11)24-15(12)17(19,20)21/h5-8,15H,2-4H2,1H3. The highest BCUT2D eigenvalue weighted by Gasteiger charge is 2.48. The fourth-order valence-electron chi connectivity index (χ4n) is 2.72. The van der Waals surface area contributed by atoms with Crippen LogP contribution in [0.4, 0.5) is 13.2 Å². The molecular formula is C17H14ClF3O3S. The molecule has 3 nitrogen and oxygen atoms in total. The molecule has 0 aliphatic carbocycles. The van der Waals surface area contributed by atoms with Crippen molar-refractivity contribution in [2.75, 3.05) is 12.9 Å². The Labute approximate surface area is 151 Å². The summed E-state index contributed by atoms with van der Waals surface area (Å²) in [4.78, 5) is 11.7. The maximum atomic E-state index is 13.3. The summed E-state index contributed by atoms with van der Waals surface area (Å²) >= 11 is 7.97. The highest BCUT2D eigenvalue weighted by molar-refractivity contribution is 8.02. The van der Waals surface area contributed by atoms with Crippen molar-refractivity contribution < 1.29 is 27.4 Å². The molecule has 0 saturated heterocycles. The van der Waals surface area contributed by atoms with E-state index < -0.39 is 23.8 Å². The smallest absolute Gasteiger partial charge is 0.430 e. The Bertz CT molecular complexity index is 771. The van der Waals surface area contributed by atoms with Crippen molar-refractivity contribution in [2.45, 2.75) is 25.1 Å². The Morgan fingerprint density at radius 3 is 2.80 bits per heavy atom. The van der Waals surface area contributed by atoms with Crippen molar-refractivity contribution in [3.8, 4) is 5.75 Å². The zero-order valence-corrected chi connectivity index (χ0v) is 14.7. The van der Waals surface area contributed by atoms with Gasteiger partial charge in [0.2, 0.25) is 6.10 Å². The van der Waals surface area contributed by atoms with Crippen molar-refractivity contribution in [1.82, 2.24) is 0 Å². The number of benzene rings is 1. The molecule has 8 heteroatoms. The zero-order valence-electron chi connectivity index (χ0n) is 13.2. The number of allylic oxidation sites excluding steroid dienone is 1. The second kappa shape index (κ2) is 6.96. The summed E-state index contributed by atoms with van der Waals surface area (Å²) in [5.41, 5.74) is 1.61. The minimum Gasteiger partial charge on any atom is -0.475 e. The number of methoxy groups -OCH3 is 1. The summed E-state index contributed by atoms with van der Waals surface area (Å²) in [6.45, 7) is 0. The minimum absolute atomic E-state index is 0.0561. The highest BCUT2D eigenvalue weighted by atomic mass is 35.5. The fourth-order valence-corrected chi connectivity index (χ4v) is 3.90. The van der Waals surface area contributed by atoms with E-state index in [1.54, 1.807) is 11.8 Å². The van der Waals surface area contributed by atoms with Gasteiger partial charge in [-0.1, -0.05) is 17.2 Å². The van der Waals surface area contributed by atoms with Gasteiger partial charge in [-0.3, -0.25) is 0 Å². The topological polar surface area (TPSA) is 35.5 Å². The highest BCUT2D eigenvalue weighted by Crippen LogP contribution is 2.40. The zero-order chi connectivity index (χ0) is 18.2. The van der Waals surface area contributed by atoms with Gasteiger partial charge >= 0.3 is 12.1 Å². The Hall–Kier alpha value is -1.60. The molecule has 1 aromatic rings. The predicted octanol–water partition coefficient (Wildman–Crippen LogP) is 4.78. The Balaban J connectivity index is 2.00. The van der Waals surface area contributed by atoms with Crippen molar-refractivity contribution in [1.29, 1.82) is 0 Å². The van der Waals surface area contributed by atoms with Crippen molar-refractivity contribution >= 4 is 35.4 Å². The Morgan fingerprint density at radius 2 is 2.20 bits per heavy atom. The molecule has 0 saturated carbocycles. The average molecular weight is 391 g/mol. The molecular weight excluding hydrogens is 377 g/mol. The van der Waals surface area contributed by atoms with Crippen LogP contribution in [0.2, 0.25) is 5.02 Å². The van der Waals surface area contributed by atoms with Crippen molar-refractivity contribution in [3.05, 3.63) is 44.8 Å². The van der Waals surface area contributed by atoms with Gasteiger partial charge < -0.3 is 9.47 Å². The number of carbonyl (C=O) groups excluding carboxylic acids is 1. The molecule has 1 atom stereocenters. The number of alkyl halides is 3. The lowest BCUT2D eigenvalue weighted by Crippen LogP contribution is -2.40. The summed E-state index contributed by atoms with van der Waals surface area (Å²) in [6, 6.07) is 3.04. The number of rotatable bonds is 3. The summed E-state index contributed by atoms with van der Waals surface area (Å²) in [7, 11) is 1.02. The van der Waals surface area contributed by atoms with Crippen LogP contribution in [0.25, 0.3) is 6.08 Å². The van der Waals surface area contributed by atoms with Gasteiger partial charge in [-0.05, 0) is 42.0 Å². The molecule has 25 heavy (non-hydrogen) atoms. The maximum Gasteiger partial charge on any atom is 0.430 e. The number of hydrogen-bond acceptors (Lipinski definition) is 4. The van der Waals surface area contributed by atoms with Gasteiger partial charge in [0.05, 0.1) is 12.7 Å². The maximum absolute atomic E-state index is 13.3. The molecule has 3 rings (SSSR count). The van der Waals surface area contributed by atoms with E-state index in [9.17, 15) is 18.0 Å². The van der Waals surface area contributed by atoms with Gasteiger partial charge in [-0.2, -0.15) is 13.2 Å². The fraction of sp³-hybridized carbons (Fsp3) is 0.353. The number of carbonyl (C=O) groups is 1. The SMILES string of the molecule is COC(=O)C1=Cc2cc(Cl)c(CC3=CSCC3)cc2OC1C(F)(F)F. The van der Waals surface area contributed by atoms with E-state index in [1.165, 1.54) is 17.7 Å². The van der Waals surface area contributed by atoms with Crippen LogP contribution >= 0.6 is 23.4 Å². The Morgan fingerprint density at radius 1 is 1.44 bits per heavy atom. The van der Waals surface area contributed by atoms with Gasteiger partial charge in [0.15, 0.2) is 0 Å². The van der Waals surface area contributed by atoms with Crippen LogP contribution in [0, 0.1) is 0 Å². The molecule has 0 aromatic heterocycles. The number of ether oxygens (including phenoxy) is 2. The van der Waals surface area contributed by atoms with E-state index in [1.807, 2.05) is 5.41 Å². The third-order valence-corrected chi connectivity index (χ3v) is 5.24. The Kier molecular flexibility index (Phi) is 5.06. The largest absolute Gasteiger partial charge is 0.475 e. The lowest BCUT2D eigenvalue weighted by atomic mass is 9.97. The summed E-state index contributed by atoms with van der Waals surface area (Å²) in [6.07, 6.45) is -4.48. The summed E-state index contributed by atoms with van der Waals surface area (Å²) in [5.74, 6) is -0.0302. The molecule has 0 N–H and O–H groups in total. The molecule has 2 aliphatic rings. The lowest BCUT2D eigenvalue weighted by Gasteiger charge is -2.28. The third-order valence-electron chi connectivity index (χ3n) is 3.94. The van der Waals surface area contributed by atoms with E-state index in [4.69, 9.17) is 16.3 Å². The molecule has 2 heterocycles. The number of halogens is 4. The number of thioether (sulfide) groups is 1. The quantitative estimate of drug-likeness (QED) is 0.696. The predicted molar refractivity (Wildman–Crippen MR) is 90.8 cm³/mol. The van der Waals surface area contributed by atoms with E-state index in [-0.39, 0.29) is 5.75 Å². The van der Waals surface area contributed by atoms with Gasteiger partial charge in [-0.25, -0.2) is 4.79 Å². The lowest BCUT2D eigenvalue weighted by molar-refractivity contribution is -0.187. The van der Waals surface area contributed by atoms with Crippen LogP contribution in [0.15, 0.2) is 28.7 Å². The van der Waals surface area contributed by atoms with Crippen LogP contribution in [0.1, 0.15) is 17.5 Å². The van der Waals surface area contributed by atoms with E-state index in [0.29, 0.717) is 22.6 Å². The van der Waals surface area contributed by atoms with Crippen LogP contribution < -0.4 is 4.74 Å². The molecule has 0 amide bonds. The summed E-state index contributed by atoms with van der Waals surface area (Å²) in [5, 5.41) is 2.47. The van der Waals surface area contributed by atoms with E-state index in [2.05, 4.69) is 4.74 Å². The van der Waals surface area contributed by atoms with Gasteiger partial charge in [-0.15, -0.1) is 11.8 Å². The first kappa shape index (κ1) is 18.2. The second-order valence-corrected chi connectivity index (χ2v) is 7.07. The van der Waals surface area contributed by atoms with Crippen LogP contribution in [-0.4, -0.2) is 31.1 Å². The minimum atomic E-state index is -4.73. The van der Waals surface area contributed by atoms with E-state index in [0.717, 1.165) is 25.4 Å². The van der Waals surface area contributed by atoms with Gasteiger partial charge in [0, 0.05) is 16.3 Å². The van der Waals surface area contributed by atoms with Crippen molar-refractivity contribution in [2.24, 2.45) is 0 Å². The first-order chi connectivity index (χ1) is 11.8. The summed E-state index contributed by atoms with van der Waals surface area (Å²) < 4.78 is 49.4. The van der Waals surface area contributed by atoms with Crippen LogP contribution in [0.5, 0.6) is 5.75 Å². The molecule has 0 fully saturated rings. The third kappa shape index (κ3) is 3.82. The van der Waals surface area contributed by atoms with Gasteiger partial charge in [0.1, 0.15) is 5.75 Å². The van der Waals surface area contributed by atoms with Crippen LogP contribution in [0.3, 0.4) is 0 Å². The van der Waals surface area contributed by atoms with Crippen LogP contribution in [-0.2, 0) is 16.0 Å². The second-order valence-electron chi connectivity index (χ2n) is 5.69.